The number of hydrogen-bond acceptors (Lipinski definition) is 5. The Labute approximate surface area is 173 Å². The van der Waals surface area contributed by atoms with Gasteiger partial charge in [-0.05, 0) is 23.3 Å². The van der Waals surface area contributed by atoms with E-state index in [2.05, 4.69) is 13.2 Å². The number of hydrogen-bond donors (Lipinski definition) is 1. The molecule has 3 atom stereocenters. The highest BCUT2D eigenvalue weighted by atomic mass is 16.5. The van der Waals surface area contributed by atoms with Crippen molar-refractivity contribution in [1.82, 2.24) is 0 Å². The maximum absolute atomic E-state index is 10.4. The molecule has 2 aromatic carbocycles. The molecule has 0 spiro atoms. The van der Waals surface area contributed by atoms with Crippen LogP contribution in [0.5, 0.6) is 5.75 Å². The van der Waals surface area contributed by atoms with Gasteiger partial charge in [-0.1, -0.05) is 54.6 Å². The van der Waals surface area contributed by atoms with Gasteiger partial charge in [0.2, 0.25) is 0 Å². The van der Waals surface area contributed by atoms with E-state index in [4.69, 9.17) is 18.9 Å². The Balaban J connectivity index is 1.73. The van der Waals surface area contributed by atoms with E-state index in [1.165, 1.54) is 0 Å². The minimum Gasteiger partial charge on any atom is -0.497 e. The summed E-state index contributed by atoms with van der Waals surface area (Å²) in [5.41, 5.74) is 2.08. The van der Waals surface area contributed by atoms with Crippen molar-refractivity contribution in [2.75, 3.05) is 20.3 Å². The summed E-state index contributed by atoms with van der Waals surface area (Å²) in [4.78, 5) is 0. The number of aliphatic hydroxyl groups excluding tert-OH is 1. The van der Waals surface area contributed by atoms with Crippen molar-refractivity contribution in [3.8, 4) is 5.75 Å². The molecule has 1 N–H and O–H groups in total. The summed E-state index contributed by atoms with van der Waals surface area (Å²) in [6.07, 6.45) is 1.43. The number of benzene rings is 2. The molecule has 0 aliphatic carbocycles. The van der Waals surface area contributed by atoms with Gasteiger partial charge >= 0.3 is 0 Å². The lowest BCUT2D eigenvalue weighted by molar-refractivity contribution is -0.0881. The van der Waals surface area contributed by atoms with Gasteiger partial charge in [-0.2, -0.15) is 0 Å². The van der Waals surface area contributed by atoms with Gasteiger partial charge in [0, 0.05) is 0 Å². The van der Waals surface area contributed by atoms with Crippen molar-refractivity contribution < 1.29 is 24.1 Å². The fourth-order valence-corrected chi connectivity index (χ4v) is 2.65. The zero-order valence-corrected chi connectivity index (χ0v) is 16.9. The molecule has 5 nitrogen and oxygen atoms in total. The minimum absolute atomic E-state index is 0.122. The molecule has 29 heavy (non-hydrogen) atoms. The molecule has 0 saturated heterocycles. The van der Waals surface area contributed by atoms with Gasteiger partial charge in [-0.25, -0.2) is 0 Å². The highest BCUT2D eigenvalue weighted by Gasteiger charge is 2.20. The second-order valence-electron chi connectivity index (χ2n) is 6.54. The molecule has 0 aromatic heterocycles. The van der Waals surface area contributed by atoms with E-state index in [1.54, 1.807) is 19.3 Å². The first-order chi connectivity index (χ1) is 14.2. The fraction of sp³-hybridized carbons (Fsp3) is 0.333. The molecule has 0 heterocycles. The van der Waals surface area contributed by atoms with E-state index in [9.17, 15) is 5.11 Å². The molecular weight excluding hydrogens is 368 g/mol. The van der Waals surface area contributed by atoms with E-state index in [0.717, 1.165) is 16.9 Å². The number of methoxy groups -OCH3 is 1. The third-order valence-corrected chi connectivity index (χ3v) is 4.32. The third-order valence-electron chi connectivity index (χ3n) is 4.32. The molecule has 0 unspecified atom stereocenters. The number of rotatable bonds is 14. The smallest absolute Gasteiger partial charge is 0.118 e. The lowest BCUT2D eigenvalue weighted by Gasteiger charge is -2.24. The number of ether oxygens (including phenoxy) is 4. The van der Waals surface area contributed by atoms with Crippen LogP contribution in [0.1, 0.15) is 11.1 Å². The van der Waals surface area contributed by atoms with Gasteiger partial charge in [-0.15, -0.1) is 13.2 Å². The average molecular weight is 398 g/mol. The van der Waals surface area contributed by atoms with Crippen LogP contribution in [-0.2, 0) is 27.4 Å². The first-order valence-electron chi connectivity index (χ1n) is 9.57. The van der Waals surface area contributed by atoms with Crippen molar-refractivity contribution in [2.45, 2.75) is 31.5 Å². The van der Waals surface area contributed by atoms with Crippen LogP contribution >= 0.6 is 0 Å². The molecule has 0 saturated carbocycles. The van der Waals surface area contributed by atoms with E-state index in [1.807, 2.05) is 54.6 Å². The van der Waals surface area contributed by atoms with E-state index in [0.29, 0.717) is 19.8 Å². The monoisotopic (exact) mass is 398 g/mol. The maximum Gasteiger partial charge on any atom is 0.118 e. The number of aliphatic hydroxyl groups is 1. The van der Waals surface area contributed by atoms with Crippen molar-refractivity contribution in [2.24, 2.45) is 0 Å². The Morgan fingerprint density at radius 3 is 2.07 bits per heavy atom. The van der Waals surface area contributed by atoms with Crippen LogP contribution in [0.4, 0.5) is 0 Å². The Hall–Kier alpha value is -2.44. The van der Waals surface area contributed by atoms with Crippen LogP contribution in [0.2, 0.25) is 0 Å². The minimum atomic E-state index is -0.845. The SMILES string of the molecule is C=C[C@H](COCc1ccccc1)O[C@H](C=C)[C@H](O)COCc1ccc(OC)cc1. The van der Waals surface area contributed by atoms with Crippen LogP contribution < -0.4 is 4.74 Å². The molecular formula is C24H30O5. The summed E-state index contributed by atoms with van der Waals surface area (Å²) >= 11 is 0. The fourth-order valence-electron chi connectivity index (χ4n) is 2.65. The Kier molecular flexibility index (Phi) is 10.2. The quantitative estimate of drug-likeness (QED) is 0.489. The summed E-state index contributed by atoms with van der Waals surface area (Å²) in [5, 5.41) is 10.4. The standard InChI is InChI=1S/C24H30O5/c1-4-21(17-27-15-19-9-7-6-8-10-19)29-24(5-2)23(25)18-28-16-20-11-13-22(26-3)14-12-20/h4-14,21,23-25H,1-2,15-18H2,3H3/t21-,23-,24-/m1/s1. The van der Waals surface area contributed by atoms with E-state index < -0.39 is 12.2 Å². The van der Waals surface area contributed by atoms with Crippen molar-refractivity contribution in [3.05, 3.63) is 91.0 Å². The predicted octanol–water partition coefficient (Wildman–Crippen LogP) is 3.92. The zero-order valence-electron chi connectivity index (χ0n) is 16.9. The Morgan fingerprint density at radius 2 is 1.48 bits per heavy atom. The highest BCUT2D eigenvalue weighted by Crippen LogP contribution is 2.13. The molecule has 0 radical (unpaired) electrons. The van der Waals surface area contributed by atoms with Crippen molar-refractivity contribution >= 4 is 0 Å². The van der Waals surface area contributed by atoms with E-state index >= 15 is 0 Å². The van der Waals surface area contributed by atoms with E-state index in [-0.39, 0.29) is 12.7 Å². The molecule has 0 aliphatic heterocycles. The zero-order chi connectivity index (χ0) is 20.9. The molecule has 0 bridgehead atoms. The van der Waals surface area contributed by atoms with Gasteiger partial charge in [0.1, 0.15) is 18.0 Å². The summed E-state index contributed by atoms with van der Waals surface area (Å²) in [5.74, 6) is 0.791. The van der Waals surface area contributed by atoms with Crippen LogP contribution in [0, 0.1) is 0 Å². The average Bonchev–Trinajstić information content (AvgIpc) is 2.77. The predicted molar refractivity (Wildman–Crippen MR) is 114 cm³/mol. The first-order valence-corrected chi connectivity index (χ1v) is 9.57. The highest BCUT2D eigenvalue weighted by molar-refractivity contribution is 5.26. The maximum atomic E-state index is 10.4. The molecule has 5 heteroatoms. The van der Waals surface area contributed by atoms with Gasteiger partial charge < -0.3 is 24.1 Å². The van der Waals surface area contributed by atoms with Crippen LogP contribution in [-0.4, -0.2) is 43.7 Å². The van der Waals surface area contributed by atoms with Crippen molar-refractivity contribution in [1.29, 1.82) is 0 Å². The summed E-state index contributed by atoms with van der Waals surface area (Å²) in [6.45, 7) is 8.87. The van der Waals surface area contributed by atoms with Gasteiger partial charge in [0.25, 0.3) is 0 Å². The Bertz CT molecular complexity index is 714. The molecule has 0 amide bonds. The lowest BCUT2D eigenvalue weighted by Crippen LogP contribution is -2.35. The van der Waals surface area contributed by atoms with Crippen LogP contribution in [0.3, 0.4) is 0 Å². The molecule has 0 fully saturated rings. The lowest BCUT2D eigenvalue weighted by atomic mass is 10.2. The summed E-state index contributed by atoms with van der Waals surface area (Å²) in [7, 11) is 1.63. The van der Waals surface area contributed by atoms with Gasteiger partial charge in [0.05, 0.1) is 39.6 Å². The van der Waals surface area contributed by atoms with Crippen LogP contribution in [0.25, 0.3) is 0 Å². The largest absolute Gasteiger partial charge is 0.497 e. The molecule has 156 valence electrons. The topological polar surface area (TPSA) is 57.2 Å². The second kappa shape index (κ2) is 12.9. The first kappa shape index (κ1) is 22.8. The van der Waals surface area contributed by atoms with Crippen molar-refractivity contribution in [3.63, 3.8) is 0 Å². The molecule has 2 rings (SSSR count). The summed E-state index contributed by atoms with van der Waals surface area (Å²) < 4.78 is 22.3. The molecule has 2 aromatic rings. The van der Waals surface area contributed by atoms with Crippen LogP contribution in [0.15, 0.2) is 79.9 Å². The van der Waals surface area contributed by atoms with Gasteiger partial charge in [-0.3, -0.25) is 0 Å². The molecule has 0 aliphatic rings. The van der Waals surface area contributed by atoms with Gasteiger partial charge in [0.15, 0.2) is 0 Å². The summed E-state index contributed by atoms with van der Waals surface area (Å²) in [6, 6.07) is 17.5. The third kappa shape index (κ3) is 8.21. The normalized spacial score (nSPS) is 14.0. The second-order valence-corrected chi connectivity index (χ2v) is 6.54. The Morgan fingerprint density at radius 1 is 0.862 bits per heavy atom.